The number of alkyl halides is 3. The minimum absolute atomic E-state index is 0.0728. The second-order valence-electron chi connectivity index (χ2n) is 13.7. The SMILES string of the molecule is Cc1nc2cccc(N3CCN(CCC45CC6CC(CC(C6)C4)C5)CC3C(F)(F)F)c2c(=O)n1C1CCC(=O)NC1=O. The van der Waals surface area contributed by atoms with Gasteiger partial charge in [-0.15, -0.1) is 0 Å². The highest BCUT2D eigenvalue weighted by molar-refractivity contribution is 5.99. The van der Waals surface area contributed by atoms with Crippen LogP contribution in [-0.2, 0) is 9.59 Å². The number of hydrogen-bond donors (Lipinski definition) is 1. The van der Waals surface area contributed by atoms with E-state index in [9.17, 15) is 27.6 Å². The Labute approximate surface area is 242 Å². The molecule has 226 valence electrons. The van der Waals surface area contributed by atoms with E-state index in [4.69, 9.17) is 0 Å². The summed E-state index contributed by atoms with van der Waals surface area (Å²) in [7, 11) is 0. The summed E-state index contributed by atoms with van der Waals surface area (Å²) < 4.78 is 45.3. The monoisotopic (exact) mass is 585 g/mol. The third-order valence-corrected chi connectivity index (χ3v) is 10.9. The number of nitrogens with zero attached hydrogens (tertiary/aromatic N) is 4. The molecule has 8 nitrogen and oxygen atoms in total. The lowest BCUT2D eigenvalue weighted by Gasteiger charge is -2.57. The summed E-state index contributed by atoms with van der Waals surface area (Å²) in [5.41, 5.74) is 0.227. The van der Waals surface area contributed by atoms with Gasteiger partial charge in [-0.3, -0.25) is 29.2 Å². The summed E-state index contributed by atoms with van der Waals surface area (Å²) in [6.07, 6.45) is 4.43. The maximum Gasteiger partial charge on any atom is 0.409 e. The first-order valence-electron chi connectivity index (χ1n) is 15.4. The molecule has 0 radical (unpaired) electrons. The predicted molar refractivity (Wildman–Crippen MR) is 151 cm³/mol. The van der Waals surface area contributed by atoms with Gasteiger partial charge in [-0.2, -0.15) is 13.2 Å². The molecule has 2 amide bonds. The molecule has 4 bridgehead atoms. The van der Waals surface area contributed by atoms with Crippen LogP contribution in [0.2, 0.25) is 0 Å². The van der Waals surface area contributed by atoms with Crippen molar-refractivity contribution in [1.82, 2.24) is 19.8 Å². The first-order chi connectivity index (χ1) is 20.0. The number of piperidine rings is 1. The number of anilines is 1. The summed E-state index contributed by atoms with van der Waals surface area (Å²) in [4.78, 5) is 46.1. The highest BCUT2D eigenvalue weighted by Gasteiger charge is 2.51. The molecule has 3 heterocycles. The van der Waals surface area contributed by atoms with Crippen LogP contribution in [0.25, 0.3) is 10.9 Å². The standard InChI is InChI=1S/C31H38F3N5O3/c1-18-35-22-3-2-4-23(27(22)29(42)39(18)24-5-6-26(40)36-28(24)41)38-10-9-37(17-25(38)31(32,33)34)8-7-30-14-19-11-20(15-30)13-21(12-19)16-30/h2-4,19-21,24-25H,5-17H2,1H3,(H,36,40,41). The molecule has 1 N–H and O–H groups in total. The van der Waals surface area contributed by atoms with Crippen molar-refractivity contribution in [3.05, 3.63) is 34.4 Å². The van der Waals surface area contributed by atoms with Gasteiger partial charge in [-0.1, -0.05) is 6.07 Å². The Morgan fingerprint density at radius 1 is 1.02 bits per heavy atom. The minimum atomic E-state index is -4.50. The molecule has 42 heavy (non-hydrogen) atoms. The molecular formula is C31H38F3N5O3. The maximum atomic E-state index is 14.7. The smallest absolute Gasteiger partial charge is 0.357 e. The predicted octanol–water partition coefficient (Wildman–Crippen LogP) is 4.34. The van der Waals surface area contributed by atoms with Gasteiger partial charge in [0.15, 0.2) is 0 Å². The van der Waals surface area contributed by atoms with E-state index in [0.29, 0.717) is 24.0 Å². The third kappa shape index (κ3) is 4.81. The Morgan fingerprint density at radius 2 is 1.71 bits per heavy atom. The number of fused-ring (bicyclic) bond motifs is 1. The molecule has 2 saturated heterocycles. The largest absolute Gasteiger partial charge is 0.409 e. The fraction of sp³-hybridized carbons (Fsp3) is 0.677. The van der Waals surface area contributed by atoms with E-state index in [0.717, 1.165) is 24.2 Å². The quantitative estimate of drug-likeness (QED) is 0.526. The van der Waals surface area contributed by atoms with E-state index in [1.807, 2.05) is 4.90 Å². The first-order valence-corrected chi connectivity index (χ1v) is 15.4. The Bertz CT molecular complexity index is 1450. The Balaban J connectivity index is 1.17. The van der Waals surface area contributed by atoms with E-state index in [2.05, 4.69) is 10.3 Å². The fourth-order valence-corrected chi connectivity index (χ4v) is 9.47. The third-order valence-electron chi connectivity index (χ3n) is 10.9. The zero-order chi connectivity index (χ0) is 29.4. The van der Waals surface area contributed by atoms with Gasteiger partial charge in [0.05, 0.1) is 16.6 Å². The van der Waals surface area contributed by atoms with Gasteiger partial charge in [0.1, 0.15) is 17.9 Å². The van der Waals surface area contributed by atoms with Crippen molar-refractivity contribution in [2.24, 2.45) is 23.2 Å². The van der Waals surface area contributed by atoms with E-state index < -0.39 is 35.6 Å². The van der Waals surface area contributed by atoms with E-state index in [1.54, 1.807) is 25.1 Å². The lowest BCUT2D eigenvalue weighted by molar-refractivity contribution is -0.157. The van der Waals surface area contributed by atoms with Crippen LogP contribution in [0.4, 0.5) is 18.9 Å². The normalized spacial score (nSPS) is 33.4. The molecule has 8 rings (SSSR count). The number of rotatable bonds is 5. The van der Waals surface area contributed by atoms with Crippen molar-refractivity contribution in [3.8, 4) is 0 Å². The summed E-state index contributed by atoms with van der Waals surface area (Å²) in [5, 5.41) is 2.34. The van der Waals surface area contributed by atoms with Gasteiger partial charge in [0.25, 0.3) is 5.56 Å². The minimum Gasteiger partial charge on any atom is -0.357 e. The van der Waals surface area contributed by atoms with Crippen LogP contribution >= 0.6 is 0 Å². The lowest BCUT2D eigenvalue weighted by atomic mass is 9.49. The molecule has 2 aliphatic heterocycles. The Morgan fingerprint density at radius 3 is 2.36 bits per heavy atom. The number of nitrogens with one attached hydrogen (secondary N) is 1. The topological polar surface area (TPSA) is 87.5 Å². The number of aromatic nitrogens is 2. The van der Waals surface area contributed by atoms with Crippen LogP contribution in [0.5, 0.6) is 0 Å². The van der Waals surface area contributed by atoms with Gasteiger partial charge < -0.3 is 4.90 Å². The summed E-state index contributed by atoms with van der Waals surface area (Å²) >= 11 is 0. The van der Waals surface area contributed by atoms with Gasteiger partial charge >= 0.3 is 6.18 Å². The number of imide groups is 1. The molecule has 1 aromatic heterocycles. The molecule has 2 atom stereocenters. The molecule has 4 aliphatic carbocycles. The second-order valence-corrected chi connectivity index (χ2v) is 13.7. The number of carbonyl (C=O) groups is 2. The van der Waals surface area contributed by atoms with Gasteiger partial charge in [-0.25, -0.2) is 4.98 Å². The molecule has 4 saturated carbocycles. The van der Waals surface area contributed by atoms with Crippen molar-refractivity contribution < 1.29 is 22.8 Å². The molecular weight excluding hydrogens is 547 g/mol. The van der Waals surface area contributed by atoms with Crippen LogP contribution in [0, 0.1) is 30.1 Å². The van der Waals surface area contributed by atoms with E-state index in [-0.39, 0.29) is 42.8 Å². The molecule has 2 aromatic rings. The maximum absolute atomic E-state index is 14.7. The van der Waals surface area contributed by atoms with Gasteiger partial charge in [0.2, 0.25) is 11.8 Å². The molecule has 6 aliphatic rings. The van der Waals surface area contributed by atoms with Gasteiger partial charge in [-0.05, 0) is 100 Å². The van der Waals surface area contributed by atoms with Crippen LogP contribution in [0.1, 0.15) is 69.7 Å². The molecule has 11 heteroatoms. The number of halogens is 3. The van der Waals surface area contributed by atoms with Crippen molar-refractivity contribution in [1.29, 1.82) is 0 Å². The highest BCUT2D eigenvalue weighted by atomic mass is 19.4. The zero-order valence-corrected chi connectivity index (χ0v) is 24.0. The molecule has 0 spiro atoms. The summed E-state index contributed by atoms with van der Waals surface area (Å²) in [6.45, 7) is 2.74. The second kappa shape index (κ2) is 10.1. The fourth-order valence-electron chi connectivity index (χ4n) is 9.47. The van der Waals surface area contributed by atoms with Crippen LogP contribution in [-0.4, -0.2) is 64.7 Å². The molecule has 1 aromatic carbocycles. The van der Waals surface area contributed by atoms with Crippen LogP contribution in [0.3, 0.4) is 0 Å². The van der Waals surface area contributed by atoms with Crippen LogP contribution in [0.15, 0.2) is 23.0 Å². The van der Waals surface area contributed by atoms with Crippen molar-refractivity contribution in [2.75, 3.05) is 31.1 Å². The number of aryl methyl sites for hydroxylation is 1. The van der Waals surface area contributed by atoms with Crippen molar-refractivity contribution in [2.45, 2.75) is 83.0 Å². The molecule has 6 fully saturated rings. The number of piperazine rings is 1. The number of carbonyl (C=O) groups excluding carboxylic acids is 2. The lowest BCUT2D eigenvalue weighted by Crippen LogP contribution is -2.60. The van der Waals surface area contributed by atoms with Crippen molar-refractivity contribution in [3.63, 3.8) is 0 Å². The van der Waals surface area contributed by atoms with E-state index in [1.165, 1.54) is 48.0 Å². The number of benzene rings is 1. The van der Waals surface area contributed by atoms with Gasteiger partial charge in [0, 0.05) is 26.1 Å². The summed E-state index contributed by atoms with van der Waals surface area (Å²) in [5.74, 6) is 1.69. The van der Waals surface area contributed by atoms with E-state index >= 15 is 0 Å². The number of hydrogen-bond acceptors (Lipinski definition) is 6. The summed E-state index contributed by atoms with van der Waals surface area (Å²) in [6, 6.07) is 2.09. The first kappa shape index (κ1) is 27.9. The van der Waals surface area contributed by atoms with Crippen LogP contribution < -0.4 is 15.8 Å². The average Bonchev–Trinajstić information content (AvgIpc) is 2.91. The molecule has 2 unspecified atom stereocenters. The van der Waals surface area contributed by atoms with Crippen molar-refractivity contribution >= 4 is 28.4 Å². The number of amides is 2. The Kier molecular flexibility index (Phi) is 6.67. The Hall–Kier alpha value is -2.95. The zero-order valence-electron chi connectivity index (χ0n) is 24.0. The average molecular weight is 586 g/mol. The highest BCUT2D eigenvalue weighted by Crippen LogP contribution is 2.61.